The van der Waals surface area contributed by atoms with Crippen molar-refractivity contribution in [2.24, 2.45) is 17.8 Å². The van der Waals surface area contributed by atoms with Crippen molar-refractivity contribution >= 4 is 5.97 Å². The number of aliphatic hydroxyl groups is 1. The van der Waals surface area contributed by atoms with Gasteiger partial charge in [-0.2, -0.15) is 0 Å². The largest absolute Gasteiger partial charge is 0.465 e. The molecule has 0 spiro atoms. The number of rotatable bonds is 4. The SMILES string of the molecule is C=C1CC/C=C(\C)CC[C@@H]2[C@H](CC/C=C/CO)C(=O)OC[C@@H]12. The van der Waals surface area contributed by atoms with Crippen LogP contribution in [0.25, 0.3) is 0 Å². The molecule has 0 saturated carbocycles. The number of hydrogen-bond acceptors (Lipinski definition) is 3. The molecule has 0 unspecified atom stereocenters. The van der Waals surface area contributed by atoms with Gasteiger partial charge in [-0.3, -0.25) is 4.79 Å². The molecule has 1 aliphatic heterocycles. The fraction of sp³-hybridized carbons (Fsp3) is 0.632. The summed E-state index contributed by atoms with van der Waals surface area (Å²) >= 11 is 0. The van der Waals surface area contributed by atoms with Crippen LogP contribution in [0.1, 0.15) is 45.4 Å². The number of carbonyl (C=O) groups is 1. The van der Waals surface area contributed by atoms with E-state index in [1.54, 1.807) is 6.08 Å². The maximum Gasteiger partial charge on any atom is 0.309 e. The van der Waals surface area contributed by atoms with E-state index in [1.807, 2.05) is 6.08 Å². The first-order valence-corrected chi connectivity index (χ1v) is 8.39. The number of aliphatic hydroxyl groups excluding tert-OH is 1. The number of hydrogen-bond donors (Lipinski definition) is 1. The van der Waals surface area contributed by atoms with Crippen LogP contribution in [0.4, 0.5) is 0 Å². The molecule has 0 amide bonds. The van der Waals surface area contributed by atoms with Crippen LogP contribution in [0.5, 0.6) is 0 Å². The van der Waals surface area contributed by atoms with Crippen molar-refractivity contribution in [3.8, 4) is 0 Å². The molecule has 3 atom stereocenters. The minimum atomic E-state index is -0.0488. The van der Waals surface area contributed by atoms with Gasteiger partial charge in [-0.25, -0.2) is 0 Å². The van der Waals surface area contributed by atoms with Gasteiger partial charge in [0.2, 0.25) is 0 Å². The Morgan fingerprint density at radius 3 is 3.00 bits per heavy atom. The van der Waals surface area contributed by atoms with E-state index in [2.05, 4.69) is 19.6 Å². The summed E-state index contributed by atoms with van der Waals surface area (Å²) in [6.45, 7) is 7.01. The highest BCUT2D eigenvalue weighted by atomic mass is 16.5. The third-order valence-electron chi connectivity index (χ3n) is 5.01. The average Bonchev–Trinajstić information content (AvgIpc) is 2.56. The first-order chi connectivity index (χ1) is 10.6. The van der Waals surface area contributed by atoms with Crippen molar-refractivity contribution in [2.75, 3.05) is 13.2 Å². The van der Waals surface area contributed by atoms with Crippen LogP contribution in [0, 0.1) is 17.8 Å². The molecule has 2 aliphatic rings. The average molecular weight is 304 g/mol. The normalized spacial score (nSPS) is 32.5. The van der Waals surface area contributed by atoms with Gasteiger partial charge in [0.1, 0.15) is 0 Å². The van der Waals surface area contributed by atoms with Crippen LogP contribution in [-0.2, 0) is 9.53 Å². The summed E-state index contributed by atoms with van der Waals surface area (Å²) < 4.78 is 5.46. The lowest BCUT2D eigenvalue weighted by Crippen LogP contribution is -2.40. The Labute approximate surface area is 133 Å². The lowest BCUT2D eigenvalue weighted by molar-refractivity contribution is -0.160. The zero-order chi connectivity index (χ0) is 15.9. The van der Waals surface area contributed by atoms with Gasteiger partial charge in [0.25, 0.3) is 0 Å². The number of ether oxygens (including phenoxy) is 1. The Hall–Kier alpha value is -1.35. The Morgan fingerprint density at radius 1 is 1.41 bits per heavy atom. The smallest absolute Gasteiger partial charge is 0.309 e. The van der Waals surface area contributed by atoms with Crippen LogP contribution in [-0.4, -0.2) is 24.3 Å². The molecule has 0 aromatic rings. The van der Waals surface area contributed by atoms with Crippen LogP contribution >= 0.6 is 0 Å². The zero-order valence-electron chi connectivity index (χ0n) is 13.6. The molecule has 3 nitrogen and oxygen atoms in total. The minimum Gasteiger partial charge on any atom is -0.465 e. The monoisotopic (exact) mass is 304 g/mol. The number of carbonyl (C=O) groups excluding carboxylic acids is 1. The first kappa shape index (κ1) is 17.0. The predicted molar refractivity (Wildman–Crippen MR) is 88.3 cm³/mol. The lowest BCUT2D eigenvalue weighted by atomic mass is 9.72. The number of esters is 1. The second-order valence-corrected chi connectivity index (χ2v) is 6.52. The van der Waals surface area contributed by atoms with Crippen molar-refractivity contribution in [2.45, 2.75) is 45.4 Å². The fourth-order valence-electron chi connectivity index (χ4n) is 3.67. The predicted octanol–water partition coefficient (Wildman–Crippen LogP) is 3.80. The summed E-state index contributed by atoms with van der Waals surface area (Å²) in [5.41, 5.74) is 2.66. The molecule has 22 heavy (non-hydrogen) atoms. The molecule has 1 heterocycles. The molecule has 1 N–H and O–H groups in total. The topological polar surface area (TPSA) is 46.5 Å². The van der Waals surface area contributed by atoms with Gasteiger partial charge in [-0.05, 0) is 51.4 Å². The molecule has 0 aromatic carbocycles. The zero-order valence-corrected chi connectivity index (χ0v) is 13.6. The van der Waals surface area contributed by atoms with Gasteiger partial charge in [-0.15, -0.1) is 0 Å². The standard InChI is InChI=1S/C19H28O3/c1-14-7-6-8-15(2)18-13-22-19(21)17(16(18)11-10-14)9-4-3-5-12-20/h3,5,7,16-18,20H,2,4,6,8-13H2,1H3/b5-3+,14-7+/t16-,17+,18+/m1/s1. The van der Waals surface area contributed by atoms with Crippen LogP contribution in [0.15, 0.2) is 36.0 Å². The molecular weight excluding hydrogens is 276 g/mol. The maximum absolute atomic E-state index is 12.2. The number of cyclic esters (lactones) is 1. The third kappa shape index (κ3) is 4.33. The Bertz CT molecular complexity index is 461. The van der Waals surface area contributed by atoms with E-state index in [-0.39, 0.29) is 18.5 Å². The van der Waals surface area contributed by atoms with E-state index >= 15 is 0 Å². The molecule has 0 bridgehead atoms. The third-order valence-corrected chi connectivity index (χ3v) is 5.01. The molecule has 0 radical (unpaired) electrons. The second kappa shape index (κ2) is 8.33. The van der Waals surface area contributed by atoms with Crippen molar-refractivity contribution in [3.05, 3.63) is 36.0 Å². The number of allylic oxidation sites excluding steroid dienone is 3. The summed E-state index contributed by atoms with van der Waals surface area (Å²) in [4.78, 5) is 12.2. The van der Waals surface area contributed by atoms with Crippen molar-refractivity contribution in [3.63, 3.8) is 0 Å². The Balaban J connectivity index is 2.12. The van der Waals surface area contributed by atoms with Gasteiger partial charge in [0.15, 0.2) is 0 Å². The summed E-state index contributed by atoms with van der Waals surface area (Å²) in [5.74, 6) is 0.568. The summed E-state index contributed by atoms with van der Waals surface area (Å²) in [6.07, 6.45) is 11.7. The lowest BCUT2D eigenvalue weighted by Gasteiger charge is -2.38. The molecule has 1 fully saturated rings. The van der Waals surface area contributed by atoms with Crippen molar-refractivity contribution < 1.29 is 14.6 Å². The van der Waals surface area contributed by atoms with E-state index < -0.39 is 0 Å². The highest BCUT2D eigenvalue weighted by molar-refractivity contribution is 5.73. The first-order valence-electron chi connectivity index (χ1n) is 8.39. The van der Waals surface area contributed by atoms with Crippen molar-refractivity contribution in [1.82, 2.24) is 0 Å². The van der Waals surface area contributed by atoms with Gasteiger partial charge in [0.05, 0.1) is 19.1 Å². The summed E-state index contributed by atoms with van der Waals surface area (Å²) in [5, 5.41) is 8.81. The number of fused-ring (bicyclic) bond motifs is 1. The molecule has 122 valence electrons. The van der Waals surface area contributed by atoms with Gasteiger partial charge < -0.3 is 9.84 Å². The molecule has 2 rings (SSSR count). The molecular formula is C19H28O3. The van der Waals surface area contributed by atoms with Gasteiger partial charge in [-0.1, -0.05) is 36.0 Å². The molecule has 0 aromatic heterocycles. The second-order valence-electron chi connectivity index (χ2n) is 6.52. The quantitative estimate of drug-likeness (QED) is 0.635. The Morgan fingerprint density at radius 2 is 2.23 bits per heavy atom. The van der Waals surface area contributed by atoms with Crippen LogP contribution in [0.2, 0.25) is 0 Å². The summed E-state index contributed by atoms with van der Waals surface area (Å²) in [7, 11) is 0. The van der Waals surface area contributed by atoms with E-state index in [9.17, 15) is 4.79 Å². The van der Waals surface area contributed by atoms with Gasteiger partial charge in [0, 0.05) is 5.92 Å². The van der Waals surface area contributed by atoms with Crippen molar-refractivity contribution in [1.29, 1.82) is 0 Å². The Kier molecular flexibility index (Phi) is 6.44. The molecule has 3 heteroatoms. The van der Waals surface area contributed by atoms with E-state index in [0.29, 0.717) is 18.4 Å². The van der Waals surface area contributed by atoms with E-state index in [4.69, 9.17) is 9.84 Å². The highest BCUT2D eigenvalue weighted by Gasteiger charge is 2.40. The van der Waals surface area contributed by atoms with Crippen LogP contribution < -0.4 is 0 Å². The fourth-order valence-corrected chi connectivity index (χ4v) is 3.67. The van der Waals surface area contributed by atoms with Gasteiger partial charge >= 0.3 is 5.97 Å². The maximum atomic E-state index is 12.2. The van der Waals surface area contributed by atoms with E-state index in [0.717, 1.165) is 38.5 Å². The summed E-state index contributed by atoms with van der Waals surface area (Å²) in [6, 6.07) is 0. The van der Waals surface area contributed by atoms with E-state index in [1.165, 1.54) is 11.1 Å². The minimum absolute atomic E-state index is 0.0373. The molecule has 1 saturated heterocycles. The molecule has 1 aliphatic carbocycles. The van der Waals surface area contributed by atoms with Crippen LogP contribution in [0.3, 0.4) is 0 Å². The highest BCUT2D eigenvalue weighted by Crippen LogP contribution is 2.40.